The molecule has 0 spiro atoms. The van der Waals surface area contributed by atoms with Gasteiger partial charge in [0.15, 0.2) is 6.10 Å². The van der Waals surface area contributed by atoms with E-state index in [2.05, 4.69) is 0 Å². The molecular weight excluding hydrogens is 483 g/mol. The molecule has 35 heavy (non-hydrogen) atoms. The van der Waals surface area contributed by atoms with Crippen molar-refractivity contribution in [2.75, 3.05) is 7.05 Å². The zero-order valence-corrected chi connectivity index (χ0v) is 20.0. The van der Waals surface area contributed by atoms with Gasteiger partial charge in [-0.15, -0.1) is 0 Å². The molecule has 3 rings (SSSR count). The lowest BCUT2D eigenvalue weighted by atomic mass is 9.99. The number of carbonyl (C=O) groups is 1. The molecule has 0 saturated carbocycles. The minimum atomic E-state index is -4.58. The maximum Gasteiger partial charge on any atom is 0.416 e. The number of hydrogen-bond donors (Lipinski definition) is 1. The fraction of sp³-hybridized carbons (Fsp3) is 0.240. The van der Waals surface area contributed by atoms with Gasteiger partial charge in [-0.3, -0.25) is 0 Å². The van der Waals surface area contributed by atoms with E-state index < -0.39 is 33.8 Å². The van der Waals surface area contributed by atoms with E-state index >= 15 is 0 Å². The third-order valence-electron chi connectivity index (χ3n) is 5.33. The van der Waals surface area contributed by atoms with E-state index in [1.54, 1.807) is 18.2 Å². The molecule has 1 unspecified atom stereocenters. The Bertz CT molecular complexity index is 1320. The number of halogens is 3. The van der Waals surface area contributed by atoms with Gasteiger partial charge in [0.2, 0.25) is 10.0 Å². The summed E-state index contributed by atoms with van der Waals surface area (Å²) in [7, 11) is -2.42. The van der Waals surface area contributed by atoms with Crippen molar-refractivity contribution in [3.8, 4) is 16.9 Å². The molecule has 0 radical (unpaired) electrons. The summed E-state index contributed by atoms with van der Waals surface area (Å²) < 4.78 is 72.4. The monoisotopic (exact) mass is 507 g/mol. The Morgan fingerprint density at radius 3 is 2.31 bits per heavy atom. The van der Waals surface area contributed by atoms with Crippen molar-refractivity contribution in [3.63, 3.8) is 0 Å². The maximum atomic E-state index is 13.3. The summed E-state index contributed by atoms with van der Waals surface area (Å²) >= 11 is 0. The van der Waals surface area contributed by atoms with E-state index in [1.165, 1.54) is 50.4 Å². The molecule has 0 amide bonds. The topological polar surface area (TPSA) is 83.9 Å². The van der Waals surface area contributed by atoms with Crippen molar-refractivity contribution < 1.29 is 36.2 Å². The third kappa shape index (κ3) is 6.20. The van der Waals surface area contributed by atoms with Gasteiger partial charge in [-0.25, -0.2) is 13.2 Å². The van der Waals surface area contributed by atoms with Crippen LogP contribution in [-0.2, 0) is 27.5 Å². The molecule has 10 heteroatoms. The first-order valence-electron chi connectivity index (χ1n) is 10.5. The first-order valence-corrected chi connectivity index (χ1v) is 12.0. The minimum Gasteiger partial charge on any atom is -0.479 e. The molecule has 3 aromatic rings. The van der Waals surface area contributed by atoms with Crippen molar-refractivity contribution >= 4 is 16.0 Å². The molecule has 0 aliphatic carbocycles. The summed E-state index contributed by atoms with van der Waals surface area (Å²) in [5.74, 6) is -1.18. The Morgan fingerprint density at radius 1 is 1.06 bits per heavy atom. The van der Waals surface area contributed by atoms with E-state index in [1.807, 2.05) is 6.92 Å². The molecule has 0 saturated heterocycles. The summed E-state index contributed by atoms with van der Waals surface area (Å²) in [6.45, 7) is 3.06. The van der Waals surface area contributed by atoms with E-state index in [-0.39, 0.29) is 28.3 Å². The Balaban J connectivity index is 2.01. The maximum absolute atomic E-state index is 13.3. The van der Waals surface area contributed by atoms with Crippen LogP contribution in [0.4, 0.5) is 13.2 Å². The summed E-state index contributed by atoms with van der Waals surface area (Å²) in [5, 5.41) is 9.20. The van der Waals surface area contributed by atoms with E-state index in [0.29, 0.717) is 5.56 Å². The highest BCUT2D eigenvalue weighted by atomic mass is 32.2. The Morgan fingerprint density at radius 2 is 1.71 bits per heavy atom. The molecule has 0 aliphatic rings. The van der Waals surface area contributed by atoms with Crippen LogP contribution in [0.1, 0.15) is 23.6 Å². The second-order valence-corrected chi connectivity index (χ2v) is 10.1. The van der Waals surface area contributed by atoms with Crippen LogP contribution in [0, 0.1) is 6.92 Å². The van der Waals surface area contributed by atoms with Crippen LogP contribution in [0.2, 0.25) is 0 Å². The van der Waals surface area contributed by atoms with E-state index in [0.717, 1.165) is 22.0 Å². The molecule has 1 N–H and O–H groups in total. The molecular formula is C25H24F3NO5S. The van der Waals surface area contributed by atoms with Gasteiger partial charge in [0.05, 0.1) is 10.5 Å². The van der Waals surface area contributed by atoms with Crippen LogP contribution in [0.15, 0.2) is 71.6 Å². The fourth-order valence-corrected chi connectivity index (χ4v) is 4.50. The zero-order chi connectivity index (χ0) is 26.0. The fourth-order valence-electron chi connectivity index (χ4n) is 3.34. The quantitative estimate of drug-likeness (QED) is 0.444. The second kappa shape index (κ2) is 10.1. The van der Waals surface area contributed by atoms with Crippen LogP contribution in [0.25, 0.3) is 11.1 Å². The summed E-state index contributed by atoms with van der Waals surface area (Å²) in [4.78, 5) is 11.4. The summed E-state index contributed by atoms with van der Waals surface area (Å²) in [6, 6.07) is 15.4. The van der Waals surface area contributed by atoms with E-state index in [4.69, 9.17) is 4.74 Å². The lowest BCUT2D eigenvalue weighted by Gasteiger charge is -2.20. The molecule has 186 valence electrons. The molecule has 1 atom stereocenters. The van der Waals surface area contributed by atoms with Gasteiger partial charge in [-0.1, -0.05) is 35.9 Å². The molecule has 0 aromatic heterocycles. The van der Waals surface area contributed by atoms with Gasteiger partial charge in [0.1, 0.15) is 5.75 Å². The Labute approximate surface area is 201 Å². The summed E-state index contributed by atoms with van der Waals surface area (Å²) in [6.07, 6.45) is -5.83. The molecule has 0 aliphatic heterocycles. The Kier molecular flexibility index (Phi) is 7.56. The molecule has 0 fully saturated rings. The standard InChI is InChI=1S/C25H24F3NO5S/c1-16-7-10-21(11-8-16)35(32,33)29(3)15-18-9-12-23(34-17(2)24(30)31)22(13-18)19-5-4-6-20(14-19)25(26,27)28/h4-14,17H,15H2,1-3H3,(H,30,31). The smallest absolute Gasteiger partial charge is 0.416 e. The predicted molar refractivity (Wildman–Crippen MR) is 124 cm³/mol. The number of alkyl halides is 3. The van der Waals surface area contributed by atoms with Crippen molar-refractivity contribution in [2.24, 2.45) is 0 Å². The Hall–Kier alpha value is -3.37. The number of benzene rings is 3. The average Bonchev–Trinajstić information content (AvgIpc) is 2.79. The number of sulfonamides is 1. The van der Waals surface area contributed by atoms with Gasteiger partial charge in [-0.05, 0) is 61.4 Å². The number of carboxylic acids is 1. The number of rotatable bonds is 8. The van der Waals surface area contributed by atoms with Crippen LogP contribution >= 0.6 is 0 Å². The highest BCUT2D eigenvalue weighted by Gasteiger charge is 2.31. The van der Waals surface area contributed by atoms with Crippen LogP contribution in [0.5, 0.6) is 5.75 Å². The van der Waals surface area contributed by atoms with Crippen molar-refractivity contribution in [3.05, 3.63) is 83.4 Å². The number of ether oxygens (including phenoxy) is 1. The van der Waals surface area contributed by atoms with Crippen LogP contribution < -0.4 is 4.74 Å². The largest absolute Gasteiger partial charge is 0.479 e. The lowest BCUT2D eigenvalue weighted by molar-refractivity contribution is -0.144. The molecule has 6 nitrogen and oxygen atoms in total. The minimum absolute atomic E-state index is 0.0621. The molecule has 0 bridgehead atoms. The van der Waals surface area contributed by atoms with Gasteiger partial charge >= 0.3 is 12.1 Å². The van der Waals surface area contributed by atoms with Crippen molar-refractivity contribution in [1.29, 1.82) is 0 Å². The SMILES string of the molecule is Cc1ccc(S(=O)(=O)N(C)Cc2ccc(OC(C)C(=O)O)c(-c3cccc(C(F)(F)F)c3)c2)cc1. The predicted octanol–water partition coefficient (Wildman–Crippen LogP) is 5.35. The van der Waals surface area contributed by atoms with E-state index in [9.17, 15) is 31.5 Å². The van der Waals surface area contributed by atoms with Crippen LogP contribution in [-0.4, -0.2) is 37.0 Å². The third-order valence-corrected chi connectivity index (χ3v) is 7.15. The normalized spacial score (nSPS) is 13.0. The lowest BCUT2D eigenvalue weighted by Crippen LogP contribution is -2.26. The van der Waals surface area contributed by atoms with Crippen molar-refractivity contribution in [1.82, 2.24) is 4.31 Å². The number of hydrogen-bond acceptors (Lipinski definition) is 4. The number of aliphatic carboxylic acids is 1. The van der Waals surface area contributed by atoms with Gasteiger partial charge in [0.25, 0.3) is 0 Å². The average molecular weight is 508 g/mol. The number of carboxylic acid groups (broad SMARTS) is 1. The second-order valence-electron chi connectivity index (χ2n) is 8.08. The highest BCUT2D eigenvalue weighted by molar-refractivity contribution is 7.89. The van der Waals surface area contributed by atoms with Crippen LogP contribution in [0.3, 0.4) is 0 Å². The first-order chi connectivity index (χ1) is 16.3. The summed E-state index contributed by atoms with van der Waals surface area (Å²) in [5.41, 5.74) is 0.868. The first kappa shape index (κ1) is 26.2. The molecule has 0 heterocycles. The van der Waals surface area contributed by atoms with Gasteiger partial charge in [-0.2, -0.15) is 17.5 Å². The zero-order valence-electron chi connectivity index (χ0n) is 19.2. The highest BCUT2D eigenvalue weighted by Crippen LogP contribution is 2.36. The van der Waals surface area contributed by atoms with Gasteiger partial charge < -0.3 is 9.84 Å². The molecule has 3 aromatic carbocycles. The van der Waals surface area contributed by atoms with Crippen molar-refractivity contribution in [2.45, 2.75) is 37.6 Å². The number of aryl methyl sites for hydroxylation is 1. The number of nitrogens with zero attached hydrogens (tertiary/aromatic N) is 1. The van der Waals surface area contributed by atoms with Gasteiger partial charge in [0, 0.05) is 19.2 Å².